The number of hydrogen-bond acceptors (Lipinski definition) is 4. The van der Waals surface area contributed by atoms with Crippen LogP contribution in [0.1, 0.15) is 57.6 Å². The second-order valence-corrected chi connectivity index (χ2v) is 8.06. The highest BCUT2D eigenvalue weighted by atomic mass is 16.5. The first-order valence-electron chi connectivity index (χ1n) is 9.21. The number of carbonyl (C=O) groups excluding carboxylic acids is 2. The first-order chi connectivity index (χ1) is 12.2. The van der Waals surface area contributed by atoms with E-state index in [9.17, 15) is 9.59 Å². The molecule has 0 bridgehead atoms. The lowest BCUT2D eigenvalue weighted by Gasteiger charge is -2.39. The Kier molecular flexibility index (Phi) is 4.78. The highest BCUT2D eigenvalue weighted by Crippen LogP contribution is 2.46. The second-order valence-electron chi connectivity index (χ2n) is 8.06. The minimum absolute atomic E-state index is 0.0809. The molecule has 4 nitrogen and oxygen atoms in total. The van der Waals surface area contributed by atoms with Crippen LogP contribution in [0.25, 0.3) is 0 Å². The zero-order chi connectivity index (χ0) is 19.1. The molecule has 1 unspecified atom stereocenters. The number of nitrogens with one attached hydrogen (secondary N) is 1. The number of dihydropyridines is 1. The van der Waals surface area contributed by atoms with Crippen LogP contribution in [0, 0.1) is 12.3 Å². The molecule has 1 heterocycles. The molecular weight excluding hydrogens is 326 g/mol. The first kappa shape index (κ1) is 18.4. The van der Waals surface area contributed by atoms with Crippen LogP contribution in [0.15, 0.2) is 46.8 Å². The zero-order valence-corrected chi connectivity index (χ0v) is 16.2. The predicted octanol–water partition coefficient (Wildman–Crippen LogP) is 4.16. The molecular formula is C22H27NO3. The number of aryl methyl sites for hydroxylation is 1. The molecule has 0 aromatic heterocycles. The van der Waals surface area contributed by atoms with E-state index in [-0.39, 0.29) is 23.1 Å². The first-order valence-corrected chi connectivity index (χ1v) is 9.21. The lowest BCUT2D eigenvalue weighted by molar-refractivity contribution is -0.138. The Morgan fingerprint density at radius 3 is 2.46 bits per heavy atom. The van der Waals surface area contributed by atoms with Gasteiger partial charge in [-0.2, -0.15) is 0 Å². The van der Waals surface area contributed by atoms with Crippen molar-refractivity contribution in [2.45, 2.75) is 53.4 Å². The topological polar surface area (TPSA) is 55.4 Å². The van der Waals surface area contributed by atoms with E-state index in [0.717, 1.165) is 34.5 Å². The van der Waals surface area contributed by atoms with Crippen LogP contribution < -0.4 is 5.32 Å². The molecule has 1 aliphatic heterocycles. The van der Waals surface area contributed by atoms with Crippen LogP contribution in [-0.4, -0.2) is 18.4 Å². The van der Waals surface area contributed by atoms with E-state index >= 15 is 0 Å². The molecule has 4 heteroatoms. The second kappa shape index (κ2) is 6.75. The van der Waals surface area contributed by atoms with Crippen LogP contribution in [0.5, 0.6) is 0 Å². The Labute approximate surface area is 155 Å². The van der Waals surface area contributed by atoms with Gasteiger partial charge in [-0.15, -0.1) is 0 Å². The van der Waals surface area contributed by atoms with Gasteiger partial charge in [-0.3, -0.25) is 4.79 Å². The van der Waals surface area contributed by atoms with Crippen molar-refractivity contribution < 1.29 is 14.3 Å². The van der Waals surface area contributed by atoms with Gasteiger partial charge in [-0.1, -0.05) is 43.7 Å². The fourth-order valence-corrected chi connectivity index (χ4v) is 4.01. The zero-order valence-electron chi connectivity index (χ0n) is 16.2. The Morgan fingerprint density at radius 2 is 1.85 bits per heavy atom. The maximum Gasteiger partial charge on any atom is 0.336 e. The summed E-state index contributed by atoms with van der Waals surface area (Å²) in [5.74, 6) is -0.606. The predicted molar refractivity (Wildman–Crippen MR) is 101 cm³/mol. The van der Waals surface area contributed by atoms with Crippen molar-refractivity contribution in [3.63, 3.8) is 0 Å². The molecule has 1 aliphatic carbocycles. The highest BCUT2D eigenvalue weighted by Gasteiger charge is 2.42. The summed E-state index contributed by atoms with van der Waals surface area (Å²) in [6.07, 6.45) is 1.29. The summed E-state index contributed by atoms with van der Waals surface area (Å²) in [6, 6.07) is 8.06. The monoisotopic (exact) mass is 353 g/mol. The van der Waals surface area contributed by atoms with Crippen molar-refractivity contribution in [1.29, 1.82) is 0 Å². The van der Waals surface area contributed by atoms with Gasteiger partial charge < -0.3 is 10.1 Å². The number of rotatable bonds is 3. The van der Waals surface area contributed by atoms with E-state index in [0.29, 0.717) is 18.6 Å². The molecule has 0 radical (unpaired) electrons. The summed E-state index contributed by atoms with van der Waals surface area (Å²) in [4.78, 5) is 25.8. The molecule has 26 heavy (non-hydrogen) atoms. The van der Waals surface area contributed by atoms with Crippen molar-refractivity contribution >= 4 is 11.8 Å². The summed E-state index contributed by atoms with van der Waals surface area (Å²) >= 11 is 0. The Morgan fingerprint density at radius 1 is 1.19 bits per heavy atom. The number of esters is 1. The van der Waals surface area contributed by atoms with Crippen molar-refractivity contribution in [2.24, 2.45) is 5.41 Å². The molecule has 3 rings (SSSR count). The largest absolute Gasteiger partial charge is 0.463 e. The minimum atomic E-state index is -0.366. The molecule has 1 aromatic rings. The van der Waals surface area contributed by atoms with Crippen LogP contribution in [0.4, 0.5) is 0 Å². The highest BCUT2D eigenvalue weighted by molar-refractivity contribution is 6.04. The quantitative estimate of drug-likeness (QED) is 0.829. The Balaban J connectivity index is 2.17. The lowest BCUT2D eigenvalue weighted by Crippen LogP contribution is -2.38. The number of ether oxygens (including phenoxy) is 1. The standard InChI is InChI=1S/C22H27NO3/c1-6-26-21(25)18-14(3)23-16-11-22(4,5)12-17(24)20(16)19(18)15-9-7-13(2)8-10-15/h7-10,19,23H,6,11-12H2,1-5H3. The van der Waals surface area contributed by atoms with Gasteiger partial charge in [0.2, 0.25) is 0 Å². The average Bonchev–Trinajstić information content (AvgIpc) is 2.53. The normalized spacial score (nSPS) is 22.0. The van der Waals surface area contributed by atoms with E-state index in [1.165, 1.54) is 0 Å². The van der Waals surface area contributed by atoms with Gasteiger partial charge in [-0.05, 0) is 38.2 Å². The number of carbonyl (C=O) groups is 2. The molecule has 0 amide bonds. The minimum Gasteiger partial charge on any atom is -0.463 e. The van der Waals surface area contributed by atoms with Gasteiger partial charge >= 0.3 is 5.97 Å². The van der Waals surface area contributed by atoms with E-state index < -0.39 is 0 Å². The van der Waals surface area contributed by atoms with Crippen molar-refractivity contribution in [1.82, 2.24) is 5.32 Å². The lowest BCUT2D eigenvalue weighted by atomic mass is 9.68. The Bertz CT molecular complexity index is 812. The molecule has 1 atom stereocenters. The summed E-state index contributed by atoms with van der Waals surface area (Å²) in [5.41, 5.74) is 5.01. The maximum atomic E-state index is 13.1. The van der Waals surface area contributed by atoms with Crippen molar-refractivity contribution in [3.05, 3.63) is 57.9 Å². The fourth-order valence-electron chi connectivity index (χ4n) is 4.01. The molecule has 0 fully saturated rings. The fraction of sp³-hybridized carbons (Fsp3) is 0.455. The third-order valence-electron chi connectivity index (χ3n) is 5.15. The number of allylic oxidation sites excluding steroid dienone is 3. The molecule has 2 aliphatic rings. The van der Waals surface area contributed by atoms with E-state index in [1.807, 2.05) is 38.1 Å². The summed E-state index contributed by atoms with van der Waals surface area (Å²) < 4.78 is 5.31. The van der Waals surface area contributed by atoms with Gasteiger partial charge in [0, 0.05) is 29.3 Å². The number of ketones is 1. The van der Waals surface area contributed by atoms with E-state index in [2.05, 4.69) is 19.2 Å². The smallest absolute Gasteiger partial charge is 0.336 e. The van der Waals surface area contributed by atoms with Gasteiger partial charge in [-0.25, -0.2) is 4.79 Å². The average molecular weight is 353 g/mol. The van der Waals surface area contributed by atoms with E-state index in [4.69, 9.17) is 4.74 Å². The van der Waals surface area contributed by atoms with Gasteiger partial charge in [0.15, 0.2) is 5.78 Å². The van der Waals surface area contributed by atoms with Crippen molar-refractivity contribution in [2.75, 3.05) is 6.61 Å². The van der Waals surface area contributed by atoms with Crippen LogP contribution in [-0.2, 0) is 14.3 Å². The Hall–Kier alpha value is -2.36. The van der Waals surface area contributed by atoms with Crippen LogP contribution in [0.2, 0.25) is 0 Å². The molecule has 0 saturated heterocycles. The number of Topliss-reactive ketones (excluding diaryl/α,β-unsaturated/α-hetero) is 1. The van der Waals surface area contributed by atoms with Gasteiger partial charge in [0.1, 0.15) is 0 Å². The van der Waals surface area contributed by atoms with Gasteiger partial charge in [0.25, 0.3) is 0 Å². The summed E-state index contributed by atoms with van der Waals surface area (Å²) in [6.45, 7) is 10.2. The summed E-state index contributed by atoms with van der Waals surface area (Å²) in [7, 11) is 0. The molecule has 138 valence electrons. The number of hydrogen-bond donors (Lipinski definition) is 1. The van der Waals surface area contributed by atoms with Crippen LogP contribution >= 0.6 is 0 Å². The number of benzene rings is 1. The van der Waals surface area contributed by atoms with E-state index in [1.54, 1.807) is 6.92 Å². The third kappa shape index (κ3) is 3.33. The summed E-state index contributed by atoms with van der Waals surface area (Å²) in [5, 5.41) is 3.34. The van der Waals surface area contributed by atoms with Crippen LogP contribution in [0.3, 0.4) is 0 Å². The molecule has 0 saturated carbocycles. The molecule has 1 N–H and O–H groups in total. The van der Waals surface area contributed by atoms with Crippen molar-refractivity contribution in [3.8, 4) is 0 Å². The molecule has 1 aromatic carbocycles. The maximum absolute atomic E-state index is 13.1. The van der Waals surface area contributed by atoms with Gasteiger partial charge in [0.05, 0.1) is 12.2 Å². The third-order valence-corrected chi connectivity index (χ3v) is 5.15. The molecule has 0 spiro atoms. The SMILES string of the molecule is CCOC(=O)C1=C(C)NC2=C(C(=O)CC(C)(C)C2)C1c1ccc(C)cc1.